The Morgan fingerprint density at radius 2 is 2.14 bits per heavy atom. The molecular formula is C14H15N5S2. The maximum Gasteiger partial charge on any atom is 0.188 e. The number of fused-ring (bicyclic) bond motifs is 1. The maximum absolute atomic E-state index is 4.61. The van der Waals surface area contributed by atoms with Crippen LogP contribution in [-0.2, 0) is 5.75 Å². The van der Waals surface area contributed by atoms with Crippen LogP contribution in [0.3, 0.4) is 0 Å². The summed E-state index contributed by atoms with van der Waals surface area (Å²) in [4.78, 5) is 18.9. The minimum Gasteiger partial charge on any atom is -0.370 e. The van der Waals surface area contributed by atoms with Crippen molar-refractivity contribution < 1.29 is 0 Å². The van der Waals surface area contributed by atoms with Gasteiger partial charge in [-0.3, -0.25) is 0 Å². The predicted octanol–water partition coefficient (Wildman–Crippen LogP) is 3.51. The van der Waals surface area contributed by atoms with Crippen LogP contribution in [0.4, 0.5) is 5.82 Å². The third-order valence-corrected chi connectivity index (χ3v) is 4.48. The highest BCUT2D eigenvalue weighted by atomic mass is 32.2. The first-order valence-corrected chi connectivity index (χ1v) is 8.53. The number of thiophene rings is 1. The summed E-state index contributed by atoms with van der Waals surface area (Å²) >= 11 is 3.19. The first-order chi connectivity index (χ1) is 10.3. The van der Waals surface area contributed by atoms with Crippen molar-refractivity contribution in [2.24, 2.45) is 0 Å². The van der Waals surface area contributed by atoms with Gasteiger partial charge in [0.15, 0.2) is 5.16 Å². The van der Waals surface area contributed by atoms with E-state index in [1.165, 1.54) is 0 Å². The van der Waals surface area contributed by atoms with Gasteiger partial charge in [0.1, 0.15) is 16.5 Å². The van der Waals surface area contributed by atoms with Gasteiger partial charge in [-0.05, 0) is 31.4 Å². The molecule has 108 valence electrons. The third-order valence-electron chi connectivity index (χ3n) is 2.82. The molecule has 0 spiro atoms. The Bertz CT molecular complexity index is 756. The van der Waals surface area contributed by atoms with E-state index in [0.717, 1.165) is 39.3 Å². The summed E-state index contributed by atoms with van der Waals surface area (Å²) in [7, 11) is 0. The number of anilines is 1. The summed E-state index contributed by atoms with van der Waals surface area (Å²) in [6.45, 7) is 4.87. The highest BCUT2D eigenvalue weighted by molar-refractivity contribution is 7.98. The number of thioether (sulfide) groups is 1. The van der Waals surface area contributed by atoms with E-state index in [0.29, 0.717) is 5.75 Å². The Balaban J connectivity index is 1.83. The lowest BCUT2D eigenvalue weighted by molar-refractivity contribution is 0.928. The molecular weight excluding hydrogens is 302 g/mol. The van der Waals surface area contributed by atoms with Crippen LogP contribution in [0, 0.1) is 6.92 Å². The summed E-state index contributed by atoms with van der Waals surface area (Å²) in [5.41, 5.74) is 0.968. The lowest BCUT2D eigenvalue weighted by Gasteiger charge is -2.06. The molecule has 3 heterocycles. The Morgan fingerprint density at radius 1 is 1.24 bits per heavy atom. The maximum atomic E-state index is 4.61. The largest absolute Gasteiger partial charge is 0.370 e. The van der Waals surface area contributed by atoms with Gasteiger partial charge in [-0.1, -0.05) is 11.8 Å². The molecule has 0 bridgehead atoms. The Morgan fingerprint density at radius 3 is 2.95 bits per heavy atom. The third kappa shape index (κ3) is 3.30. The number of aromatic nitrogens is 4. The van der Waals surface area contributed by atoms with Crippen molar-refractivity contribution in [2.45, 2.75) is 24.8 Å². The van der Waals surface area contributed by atoms with E-state index in [4.69, 9.17) is 0 Å². The predicted molar refractivity (Wildman–Crippen MR) is 87.9 cm³/mol. The smallest absolute Gasteiger partial charge is 0.188 e. The van der Waals surface area contributed by atoms with E-state index in [1.54, 1.807) is 29.3 Å². The van der Waals surface area contributed by atoms with Crippen molar-refractivity contribution in [3.05, 3.63) is 35.2 Å². The lowest BCUT2D eigenvalue weighted by atomic mass is 10.3. The zero-order chi connectivity index (χ0) is 14.7. The molecule has 0 atom stereocenters. The standard InChI is InChI=1S/C14H15N5S2/c1-3-15-12-10-5-7-20-13(10)19-11(18-12)8-21-14-16-6-4-9(2)17-14/h4-7H,3,8H2,1-2H3,(H,15,18,19). The summed E-state index contributed by atoms with van der Waals surface area (Å²) < 4.78 is 0. The fraction of sp³-hybridized carbons (Fsp3) is 0.286. The van der Waals surface area contributed by atoms with E-state index in [1.807, 2.05) is 18.4 Å². The minimum atomic E-state index is 0.662. The SMILES string of the molecule is CCNc1nc(CSc2nccc(C)n2)nc2sccc12. The molecule has 3 aromatic rings. The first-order valence-electron chi connectivity index (χ1n) is 6.66. The number of hydrogen-bond donors (Lipinski definition) is 1. The number of hydrogen-bond acceptors (Lipinski definition) is 7. The van der Waals surface area contributed by atoms with Gasteiger partial charge in [0, 0.05) is 18.4 Å². The fourth-order valence-corrected chi connectivity index (χ4v) is 3.40. The number of nitrogens with one attached hydrogen (secondary N) is 1. The van der Waals surface area contributed by atoms with Gasteiger partial charge in [-0.15, -0.1) is 11.3 Å². The van der Waals surface area contributed by atoms with E-state index in [-0.39, 0.29) is 0 Å². The molecule has 3 rings (SSSR count). The number of aryl methyl sites for hydroxylation is 1. The number of rotatable bonds is 5. The molecule has 0 aromatic carbocycles. The molecule has 3 aromatic heterocycles. The van der Waals surface area contributed by atoms with Crippen molar-refractivity contribution in [1.29, 1.82) is 0 Å². The molecule has 0 unspecified atom stereocenters. The Labute approximate surface area is 131 Å². The minimum absolute atomic E-state index is 0.662. The summed E-state index contributed by atoms with van der Waals surface area (Å²) in [6.07, 6.45) is 1.78. The van der Waals surface area contributed by atoms with Crippen LogP contribution in [0.5, 0.6) is 0 Å². The van der Waals surface area contributed by atoms with Crippen molar-refractivity contribution in [2.75, 3.05) is 11.9 Å². The molecule has 7 heteroatoms. The highest BCUT2D eigenvalue weighted by Crippen LogP contribution is 2.27. The van der Waals surface area contributed by atoms with Gasteiger partial charge in [0.05, 0.1) is 11.1 Å². The van der Waals surface area contributed by atoms with Gasteiger partial charge < -0.3 is 5.32 Å². The van der Waals surface area contributed by atoms with Crippen LogP contribution in [-0.4, -0.2) is 26.5 Å². The lowest BCUT2D eigenvalue weighted by Crippen LogP contribution is -2.03. The second-order valence-electron chi connectivity index (χ2n) is 4.43. The van der Waals surface area contributed by atoms with E-state index in [2.05, 4.69) is 38.2 Å². The molecule has 0 aliphatic heterocycles. The zero-order valence-corrected chi connectivity index (χ0v) is 13.5. The second kappa shape index (κ2) is 6.36. The molecule has 1 N–H and O–H groups in total. The van der Waals surface area contributed by atoms with Gasteiger partial charge in [-0.25, -0.2) is 19.9 Å². The fourth-order valence-electron chi connectivity index (χ4n) is 1.89. The normalized spacial score (nSPS) is 11.0. The van der Waals surface area contributed by atoms with Crippen LogP contribution in [0.25, 0.3) is 10.2 Å². The molecule has 0 fully saturated rings. The average molecular weight is 317 g/mol. The molecule has 0 aliphatic carbocycles. The second-order valence-corrected chi connectivity index (χ2v) is 6.26. The van der Waals surface area contributed by atoms with Crippen LogP contribution in [0.15, 0.2) is 28.9 Å². The van der Waals surface area contributed by atoms with Gasteiger partial charge >= 0.3 is 0 Å². The summed E-state index contributed by atoms with van der Waals surface area (Å²) in [6, 6.07) is 3.94. The zero-order valence-electron chi connectivity index (χ0n) is 11.8. The van der Waals surface area contributed by atoms with Gasteiger partial charge in [0.2, 0.25) is 0 Å². The highest BCUT2D eigenvalue weighted by Gasteiger charge is 2.09. The monoisotopic (exact) mass is 317 g/mol. The van der Waals surface area contributed by atoms with E-state index < -0.39 is 0 Å². The number of nitrogens with zero attached hydrogens (tertiary/aromatic N) is 4. The van der Waals surface area contributed by atoms with Gasteiger partial charge in [-0.2, -0.15) is 0 Å². The van der Waals surface area contributed by atoms with Crippen LogP contribution < -0.4 is 5.32 Å². The molecule has 0 saturated carbocycles. The molecule has 21 heavy (non-hydrogen) atoms. The van der Waals surface area contributed by atoms with Crippen molar-refractivity contribution in [3.63, 3.8) is 0 Å². The first kappa shape index (κ1) is 14.2. The molecule has 0 aliphatic rings. The van der Waals surface area contributed by atoms with Crippen LogP contribution in [0.2, 0.25) is 0 Å². The van der Waals surface area contributed by atoms with E-state index in [9.17, 15) is 0 Å². The van der Waals surface area contributed by atoms with Crippen molar-refractivity contribution in [3.8, 4) is 0 Å². The average Bonchev–Trinajstić information content (AvgIpc) is 2.94. The van der Waals surface area contributed by atoms with Crippen LogP contribution >= 0.6 is 23.1 Å². The molecule has 0 saturated heterocycles. The molecule has 5 nitrogen and oxygen atoms in total. The van der Waals surface area contributed by atoms with E-state index >= 15 is 0 Å². The Hall–Kier alpha value is -1.73. The van der Waals surface area contributed by atoms with Crippen molar-refractivity contribution >= 4 is 39.1 Å². The molecule has 0 radical (unpaired) electrons. The molecule has 0 amide bonds. The Kier molecular flexibility index (Phi) is 4.31. The topological polar surface area (TPSA) is 63.6 Å². The van der Waals surface area contributed by atoms with Crippen molar-refractivity contribution in [1.82, 2.24) is 19.9 Å². The van der Waals surface area contributed by atoms with Crippen LogP contribution in [0.1, 0.15) is 18.4 Å². The summed E-state index contributed by atoms with van der Waals surface area (Å²) in [5.74, 6) is 2.37. The summed E-state index contributed by atoms with van der Waals surface area (Å²) in [5, 5.41) is 7.19. The quantitative estimate of drug-likeness (QED) is 0.574. The van der Waals surface area contributed by atoms with Gasteiger partial charge in [0.25, 0.3) is 0 Å².